The second-order valence-electron chi connectivity index (χ2n) is 7.75. The molecule has 31 heavy (non-hydrogen) atoms. The molecule has 0 saturated carbocycles. The molecular formula is C26H23O4P. The van der Waals surface area contributed by atoms with Crippen LogP contribution in [0.25, 0.3) is 32.7 Å². The van der Waals surface area contributed by atoms with Gasteiger partial charge >= 0.3 is 8.24 Å². The van der Waals surface area contributed by atoms with Crippen LogP contribution in [0, 0.1) is 20.8 Å². The lowest BCUT2D eigenvalue weighted by Gasteiger charge is -2.07. The van der Waals surface area contributed by atoms with Gasteiger partial charge in [0.05, 0.1) is 7.11 Å². The highest BCUT2D eigenvalue weighted by Gasteiger charge is 2.15. The maximum atomic E-state index is 6.34. The number of hydrogen-bond acceptors (Lipinski definition) is 4. The number of fused-ring (bicyclic) bond motifs is 4. The number of hydrogen-bond donors (Lipinski definition) is 0. The van der Waals surface area contributed by atoms with Gasteiger partial charge in [-0.25, -0.2) is 0 Å². The fraction of sp³-hybridized carbons (Fsp3) is 0.154. The summed E-state index contributed by atoms with van der Waals surface area (Å²) in [7, 11) is -0.103. The van der Waals surface area contributed by atoms with E-state index in [9.17, 15) is 0 Å². The van der Waals surface area contributed by atoms with Crippen molar-refractivity contribution in [3.63, 3.8) is 0 Å². The van der Waals surface area contributed by atoms with Gasteiger partial charge in [0.1, 0.15) is 11.3 Å². The lowest BCUT2D eigenvalue weighted by molar-refractivity contribution is 0.410. The number of benzene rings is 4. The van der Waals surface area contributed by atoms with Gasteiger partial charge < -0.3 is 17.7 Å². The molecule has 0 fully saturated rings. The average Bonchev–Trinajstić information content (AvgIpc) is 2.90. The molecule has 1 unspecified atom stereocenters. The number of aryl methyl sites for hydroxylation is 3. The normalized spacial score (nSPS) is 11.8. The van der Waals surface area contributed by atoms with E-state index < -0.39 is 8.24 Å². The Kier molecular flexibility index (Phi) is 4.88. The highest BCUT2D eigenvalue weighted by atomic mass is 31.1. The van der Waals surface area contributed by atoms with Gasteiger partial charge in [-0.05, 0) is 73.2 Å². The molecule has 0 bridgehead atoms. The molecule has 1 aromatic heterocycles. The maximum absolute atomic E-state index is 6.34. The first kappa shape index (κ1) is 19.6. The third kappa shape index (κ3) is 3.54. The molecule has 5 rings (SSSR count). The summed E-state index contributed by atoms with van der Waals surface area (Å²) in [5.41, 5.74) is 4.82. The topological polar surface area (TPSA) is 44.7 Å². The zero-order chi connectivity index (χ0) is 21.5. The van der Waals surface area contributed by atoms with Gasteiger partial charge in [-0.15, -0.1) is 0 Å². The van der Waals surface area contributed by atoms with Crippen LogP contribution in [-0.2, 0) is 0 Å². The lowest BCUT2D eigenvalue weighted by atomic mass is 10.0. The summed E-state index contributed by atoms with van der Waals surface area (Å²) in [6, 6.07) is 22.4. The van der Waals surface area contributed by atoms with E-state index in [2.05, 4.69) is 44.2 Å². The summed E-state index contributed by atoms with van der Waals surface area (Å²) < 4.78 is 24.7. The van der Waals surface area contributed by atoms with Crippen molar-refractivity contribution in [2.24, 2.45) is 0 Å². The predicted molar refractivity (Wildman–Crippen MR) is 127 cm³/mol. The van der Waals surface area contributed by atoms with Crippen molar-refractivity contribution in [3.05, 3.63) is 83.4 Å². The van der Waals surface area contributed by atoms with Crippen molar-refractivity contribution < 1.29 is 17.7 Å². The zero-order valence-corrected chi connectivity index (χ0v) is 18.8. The monoisotopic (exact) mass is 430 g/mol. The Hall–Kier alpha value is -3.36. The fourth-order valence-electron chi connectivity index (χ4n) is 3.83. The van der Waals surface area contributed by atoms with Gasteiger partial charge in [-0.2, -0.15) is 0 Å². The highest BCUT2D eigenvalue weighted by Crippen LogP contribution is 2.42. The van der Waals surface area contributed by atoms with Crippen molar-refractivity contribution in [2.75, 3.05) is 7.11 Å². The van der Waals surface area contributed by atoms with Crippen molar-refractivity contribution in [1.29, 1.82) is 0 Å². The number of ether oxygens (including phenoxy) is 1. The third-order valence-electron chi connectivity index (χ3n) is 5.57. The smallest absolute Gasteiger partial charge is 0.453 e. The minimum atomic E-state index is -1.75. The van der Waals surface area contributed by atoms with Crippen LogP contribution >= 0.6 is 8.24 Å². The Balaban J connectivity index is 1.84. The Bertz CT molecular complexity index is 1480. The van der Waals surface area contributed by atoms with Crippen LogP contribution < -0.4 is 9.26 Å². The van der Waals surface area contributed by atoms with Crippen LogP contribution in [0.2, 0.25) is 0 Å². The van der Waals surface area contributed by atoms with Crippen LogP contribution in [0.1, 0.15) is 16.7 Å². The fourth-order valence-corrected chi connectivity index (χ4v) is 4.91. The first-order valence-electron chi connectivity index (χ1n) is 10.2. The molecule has 5 heteroatoms. The van der Waals surface area contributed by atoms with Gasteiger partial charge in [0.25, 0.3) is 0 Å². The van der Waals surface area contributed by atoms with Crippen molar-refractivity contribution >= 4 is 41.0 Å². The van der Waals surface area contributed by atoms with Crippen LogP contribution in [0.4, 0.5) is 0 Å². The standard InChI is InChI=1S/C26H23O4P/c1-16-12-22-21-14-17(2)18(3)15-24(21)29-31(30-26(22)25(13-16)27-4)28-23-11-7-9-19-8-5-6-10-20(19)23/h5-15H,1-4H3. The van der Waals surface area contributed by atoms with E-state index >= 15 is 0 Å². The summed E-state index contributed by atoms with van der Waals surface area (Å²) in [6.45, 7) is 6.23. The molecule has 0 radical (unpaired) electrons. The van der Waals surface area contributed by atoms with E-state index in [4.69, 9.17) is 17.7 Å². The summed E-state index contributed by atoms with van der Waals surface area (Å²) in [4.78, 5) is 0. The molecule has 1 heterocycles. The van der Waals surface area contributed by atoms with Gasteiger partial charge in [0.15, 0.2) is 11.3 Å². The molecule has 4 nitrogen and oxygen atoms in total. The van der Waals surface area contributed by atoms with Crippen molar-refractivity contribution in [3.8, 4) is 11.5 Å². The lowest BCUT2D eigenvalue weighted by Crippen LogP contribution is -1.86. The molecule has 156 valence electrons. The van der Waals surface area contributed by atoms with Crippen molar-refractivity contribution in [2.45, 2.75) is 20.8 Å². The van der Waals surface area contributed by atoms with E-state index in [1.54, 1.807) is 7.11 Å². The Labute approximate surface area is 181 Å². The molecule has 4 aromatic carbocycles. The molecular weight excluding hydrogens is 407 g/mol. The van der Waals surface area contributed by atoms with Crippen LogP contribution in [-0.4, -0.2) is 7.11 Å². The molecule has 0 aliphatic carbocycles. The molecule has 5 aromatic rings. The molecule has 0 aliphatic rings. The van der Waals surface area contributed by atoms with E-state index in [-0.39, 0.29) is 0 Å². The average molecular weight is 430 g/mol. The highest BCUT2D eigenvalue weighted by molar-refractivity contribution is 7.32. The Morgan fingerprint density at radius 3 is 2.32 bits per heavy atom. The molecule has 1 atom stereocenters. The molecule has 0 N–H and O–H groups in total. The Morgan fingerprint density at radius 1 is 0.710 bits per heavy atom. The van der Waals surface area contributed by atoms with Crippen LogP contribution in [0.3, 0.4) is 0 Å². The first-order chi connectivity index (χ1) is 15.0. The predicted octanol–water partition coefficient (Wildman–Crippen LogP) is 8.22. The van der Waals surface area contributed by atoms with E-state index in [1.165, 1.54) is 5.56 Å². The van der Waals surface area contributed by atoms with Crippen LogP contribution in [0.5, 0.6) is 11.5 Å². The second kappa shape index (κ2) is 7.72. The van der Waals surface area contributed by atoms with Crippen LogP contribution in [0.15, 0.2) is 75.1 Å². The minimum Gasteiger partial charge on any atom is -0.493 e. The quantitative estimate of drug-likeness (QED) is 0.289. The SMILES string of the molecule is COc1cc(C)cc2c1op(Oc1cccc3ccccc13)oc1cc(C)c(C)cc12. The van der Waals surface area contributed by atoms with Gasteiger partial charge in [0, 0.05) is 16.2 Å². The number of rotatable bonds is 3. The second-order valence-corrected chi connectivity index (χ2v) is 8.75. The zero-order valence-electron chi connectivity index (χ0n) is 17.9. The summed E-state index contributed by atoms with van der Waals surface area (Å²) in [5.74, 6) is 1.39. The van der Waals surface area contributed by atoms with Crippen molar-refractivity contribution in [1.82, 2.24) is 0 Å². The molecule has 0 aliphatic heterocycles. The van der Waals surface area contributed by atoms with E-state index in [0.717, 1.165) is 44.0 Å². The third-order valence-corrected chi connectivity index (χ3v) is 6.59. The largest absolute Gasteiger partial charge is 0.493 e. The molecule has 0 spiro atoms. The maximum Gasteiger partial charge on any atom is 0.453 e. The van der Waals surface area contributed by atoms with Gasteiger partial charge in [-0.3, -0.25) is 0 Å². The first-order valence-corrected chi connectivity index (χ1v) is 11.2. The van der Waals surface area contributed by atoms with E-state index in [0.29, 0.717) is 11.3 Å². The minimum absolute atomic E-state index is 0.640. The summed E-state index contributed by atoms with van der Waals surface area (Å²) in [6.07, 6.45) is 0. The van der Waals surface area contributed by atoms with Gasteiger partial charge in [-0.1, -0.05) is 36.4 Å². The molecule has 0 amide bonds. The van der Waals surface area contributed by atoms with Gasteiger partial charge in [0.2, 0.25) is 0 Å². The summed E-state index contributed by atoms with van der Waals surface area (Å²) in [5, 5.41) is 4.04. The summed E-state index contributed by atoms with van der Waals surface area (Å²) >= 11 is 0. The van der Waals surface area contributed by atoms with E-state index in [1.807, 2.05) is 43.3 Å². The molecule has 0 saturated heterocycles. The number of methoxy groups -OCH3 is 1. The Morgan fingerprint density at radius 2 is 1.48 bits per heavy atom.